The number of thioether (sulfide) groups is 1. The molecule has 0 saturated carbocycles. The fourth-order valence-corrected chi connectivity index (χ4v) is 4.08. The van der Waals surface area contributed by atoms with E-state index in [-0.39, 0.29) is 11.9 Å². The SMILES string of the molecule is CSCC[C@@H](NC(=O)[C@@H]1Cc2ccccc2CN1C(=O)[C@H](C)NC[C@@H](N)CS)C(=O)O. The maximum Gasteiger partial charge on any atom is 0.326 e. The largest absolute Gasteiger partial charge is 0.480 e. The first kappa shape index (κ1) is 25.5. The van der Waals surface area contributed by atoms with Crippen LogP contribution in [0.2, 0.25) is 0 Å². The number of hydrogen-bond acceptors (Lipinski definition) is 7. The van der Waals surface area contributed by atoms with Crippen molar-refractivity contribution in [1.29, 1.82) is 0 Å². The molecule has 0 radical (unpaired) electrons. The molecule has 1 aliphatic heterocycles. The van der Waals surface area contributed by atoms with Crippen molar-refractivity contribution in [2.75, 3.05) is 24.3 Å². The number of rotatable bonds is 11. The van der Waals surface area contributed by atoms with Gasteiger partial charge in [0, 0.05) is 31.3 Å². The number of carbonyl (C=O) groups is 3. The molecule has 172 valence electrons. The maximum absolute atomic E-state index is 13.2. The molecule has 31 heavy (non-hydrogen) atoms. The monoisotopic (exact) mass is 468 g/mol. The van der Waals surface area contributed by atoms with Crippen LogP contribution < -0.4 is 16.4 Å². The molecule has 2 rings (SSSR count). The summed E-state index contributed by atoms with van der Waals surface area (Å²) in [5, 5.41) is 15.2. The van der Waals surface area contributed by atoms with E-state index in [1.165, 1.54) is 16.7 Å². The molecule has 2 amide bonds. The second-order valence-corrected chi connectivity index (χ2v) is 9.06. The second kappa shape index (κ2) is 12.3. The van der Waals surface area contributed by atoms with Crippen LogP contribution in [0.3, 0.4) is 0 Å². The molecule has 0 bridgehead atoms. The zero-order chi connectivity index (χ0) is 23.0. The predicted molar refractivity (Wildman–Crippen MR) is 126 cm³/mol. The van der Waals surface area contributed by atoms with E-state index in [9.17, 15) is 19.5 Å². The van der Waals surface area contributed by atoms with Gasteiger partial charge in [0.25, 0.3) is 0 Å². The van der Waals surface area contributed by atoms with Crippen LogP contribution in [0.1, 0.15) is 24.5 Å². The normalized spacial score (nSPS) is 18.6. The van der Waals surface area contributed by atoms with E-state index in [4.69, 9.17) is 5.73 Å². The van der Waals surface area contributed by atoms with Crippen molar-refractivity contribution in [1.82, 2.24) is 15.5 Å². The lowest BCUT2D eigenvalue weighted by Gasteiger charge is -2.38. The number of nitrogens with zero attached hydrogens (tertiary/aromatic N) is 1. The average molecular weight is 469 g/mol. The summed E-state index contributed by atoms with van der Waals surface area (Å²) >= 11 is 5.67. The summed E-state index contributed by atoms with van der Waals surface area (Å²) in [6.45, 7) is 2.45. The Balaban J connectivity index is 2.20. The first-order chi connectivity index (χ1) is 14.8. The van der Waals surface area contributed by atoms with Crippen LogP contribution in [0.4, 0.5) is 0 Å². The van der Waals surface area contributed by atoms with E-state index in [1.54, 1.807) is 6.92 Å². The Morgan fingerprint density at radius 2 is 2.00 bits per heavy atom. The van der Waals surface area contributed by atoms with Crippen molar-refractivity contribution < 1.29 is 19.5 Å². The van der Waals surface area contributed by atoms with Gasteiger partial charge in [0.05, 0.1) is 6.04 Å². The summed E-state index contributed by atoms with van der Waals surface area (Å²) < 4.78 is 0. The summed E-state index contributed by atoms with van der Waals surface area (Å²) in [5.41, 5.74) is 7.85. The summed E-state index contributed by atoms with van der Waals surface area (Å²) in [6, 6.07) is 5.18. The molecule has 1 aromatic carbocycles. The number of hydrogen-bond donors (Lipinski definition) is 5. The van der Waals surface area contributed by atoms with Crippen LogP contribution in [-0.2, 0) is 27.3 Å². The zero-order valence-corrected chi connectivity index (χ0v) is 19.6. The molecule has 0 spiro atoms. The fraction of sp³-hybridized carbons (Fsp3) is 0.571. The molecular weight excluding hydrogens is 436 g/mol. The van der Waals surface area contributed by atoms with Gasteiger partial charge in [-0.25, -0.2) is 4.79 Å². The summed E-state index contributed by atoms with van der Waals surface area (Å²) in [7, 11) is 0. The van der Waals surface area contributed by atoms with Gasteiger partial charge in [-0.15, -0.1) is 0 Å². The Morgan fingerprint density at radius 1 is 1.32 bits per heavy atom. The fourth-order valence-electron chi connectivity index (χ4n) is 3.48. The quantitative estimate of drug-likeness (QED) is 0.300. The molecule has 0 aromatic heterocycles. The standard InChI is InChI=1S/C21H32N4O4S2/c1-13(23-10-16(22)12-30)20(27)25-11-15-6-4-3-5-14(15)9-18(25)19(26)24-17(21(28)29)7-8-31-2/h3-6,13,16-18,23,30H,7-12,22H2,1-2H3,(H,24,26)(H,28,29)/t13-,16+,17+,18-/m0/s1. The minimum atomic E-state index is -1.08. The number of carbonyl (C=O) groups excluding carboxylic acids is 2. The van der Waals surface area contributed by atoms with Crippen molar-refractivity contribution in [3.63, 3.8) is 0 Å². The molecule has 0 fully saturated rings. The number of amides is 2. The van der Waals surface area contributed by atoms with Crippen LogP contribution in [-0.4, -0.2) is 76.3 Å². The molecule has 0 aliphatic carbocycles. The molecule has 1 heterocycles. The van der Waals surface area contributed by atoms with Crippen molar-refractivity contribution in [2.24, 2.45) is 5.73 Å². The van der Waals surface area contributed by atoms with Crippen LogP contribution >= 0.6 is 24.4 Å². The van der Waals surface area contributed by atoms with Gasteiger partial charge in [-0.1, -0.05) is 24.3 Å². The van der Waals surface area contributed by atoms with Gasteiger partial charge in [-0.3, -0.25) is 9.59 Å². The van der Waals surface area contributed by atoms with E-state index >= 15 is 0 Å². The smallest absolute Gasteiger partial charge is 0.326 e. The Hall–Kier alpha value is -1.75. The minimum Gasteiger partial charge on any atom is -0.480 e. The molecular formula is C21H32N4O4S2. The zero-order valence-electron chi connectivity index (χ0n) is 17.9. The van der Waals surface area contributed by atoms with Crippen molar-refractivity contribution in [2.45, 2.75) is 50.5 Å². The molecule has 1 aliphatic rings. The molecule has 0 saturated heterocycles. The van der Waals surface area contributed by atoms with E-state index in [0.717, 1.165) is 11.1 Å². The van der Waals surface area contributed by atoms with Crippen molar-refractivity contribution in [3.8, 4) is 0 Å². The third-order valence-corrected chi connectivity index (χ3v) is 6.46. The highest BCUT2D eigenvalue weighted by atomic mass is 32.2. The van der Waals surface area contributed by atoms with Gasteiger partial charge in [-0.2, -0.15) is 24.4 Å². The van der Waals surface area contributed by atoms with Gasteiger partial charge < -0.3 is 26.4 Å². The Labute approximate surface area is 193 Å². The highest BCUT2D eigenvalue weighted by Crippen LogP contribution is 2.24. The number of nitrogens with one attached hydrogen (secondary N) is 2. The second-order valence-electron chi connectivity index (χ2n) is 7.71. The van der Waals surface area contributed by atoms with Crippen LogP contribution in [0.5, 0.6) is 0 Å². The summed E-state index contributed by atoms with van der Waals surface area (Å²) in [4.78, 5) is 39.5. The Bertz CT molecular complexity index is 780. The van der Waals surface area contributed by atoms with E-state index < -0.39 is 30.0 Å². The first-order valence-electron chi connectivity index (χ1n) is 10.3. The minimum absolute atomic E-state index is 0.187. The van der Waals surface area contributed by atoms with Gasteiger partial charge in [0.2, 0.25) is 11.8 Å². The Morgan fingerprint density at radius 3 is 2.61 bits per heavy atom. The van der Waals surface area contributed by atoms with Crippen molar-refractivity contribution in [3.05, 3.63) is 35.4 Å². The molecule has 5 N–H and O–H groups in total. The van der Waals surface area contributed by atoms with Crippen LogP contribution in [0, 0.1) is 0 Å². The molecule has 4 atom stereocenters. The average Bonchev–Trinajstić information content (AvgIpc) is 2.77. The Kier molecular flexibility index (Phi) is 10.1. The number of thiol groups is 1. The maximum atomic E-state index is 13.2. The topological polar surface area (TPSA) is 125 Å². The van der Waals surface area contributed by atoms with Gasteiger partial charge >= 0.3 is 5.97 Å². The van der Waals surface area contributed by atoms with E-state index in [1.807, 2.05) is 30.5 Å². The number of benzene rings is 1. The lowest BCUT2D eigenvalue weighted by atomic mass is 9.92. The van der Waals surface area contributed by atoms with E-state index in [2.05, 4.69) is 23.3 Å². The van der Waals surface area contributed by atoms with E-state index in [0.29, 0.717) is 37.4 Å². The number of carboxylic acid groups (broad SMARTS) is 1. The highest BCUT2D eigenvalue weighted by Gasteiger charge is 2.37. The lowest BCUT2D eigenvalue weighted by Crippen LogP contribution is -2.58. The first-order valence-corrected chi connectivity index (χ1v) is 12.3. The predicted octanol–water partition coefficient (Wildman–Crippen LogP) is 0.498. The number of fused-ring (bicyclic) bond motifs is 1. The van der Waals surface area contributed by atoms with Gasteiger partial charge in [-0.05, 0) is 36.5 Å². The van der Waals surface area contributed by atoms with Gasteiger partial charge in [0.1, 0.15) is 12.1 Å². The number of nitrogens with two attached hydrogens (primary N) is 1. The summed E-state index contributed by atoms with van der Waals surface area (Å²) in [5.74, 6) is -0.651. The third-order valence-electron chi connectivity index (χ3n) is 5.35. The molecule has 8 nitrogen and oxygen atoms in total. The van der Waals surface area contributed by atoms with Crippen LogP contribution in [0.15, 0.2) is 24.3 Å². The lowest BCUT2D eigenvalue weighted by molar-refractivity contribution is -0.146. The molecule has 10 heteroatoms. The number of aliphatic carboxylic acids is 1. The third kappa shape index (κ3) is 7.13. The van der Waals surface area contributed by atoms with Gasteiger partial charge in [0.15, 0.2) is 0 Å². The van der Waals surface area contributed by atoms with Crippen molar-refractivity contribution >= 4 is 42.2 Å². The highest BCUT2D eigenvalue weighted by molar-refractivity contribution is 7.98. The summed E-state index contributed by atoms with van der Waals surface area (Å²) in [6.07, 6.45) is 2.54. The number of carboxylic acids is 1. The molecule has 1 aromatic rings. The van der Waals surface area contributed by atoms with Crippen LogP contribution in [0.25, 0.3) is 0 Å². The molecule has 0 unspecified atom stereocenters.